The standard InChI is InChI=1S/C15H13ClF2N2O/c16-12-6-5-11(15(19)21)7-13(12)20-8-9-1-3-10(4-2-9)14(17)18/h1-7,14,20H,8H2,(H2,19,21). The van der Waals surface area contributed by atoms with Crippen LogP contribution in [0.15, 0.2) is 42.5 Å². The highest BCUT2D eigenvalue weighted by Gasteiger charge is 2.07. The van der Waals surface area contributed by atoms with Gasteiger partial charge in [0.05, 0.1) is 10.7 Å². The molecule has 21 heavy (non-hydrogen) atoms. The molecule has 110 valence electrons. The van der Waals surface area contributed by atoms with Crippen molar-refractivity contribution in [2.75, 3.05) is 5.32 Å². The summed E-state index contributed by atoms with van der Waals surface area (Å²) in [4.78, 5) is 11.1. The number of hydrogen-bond acceptors (Lipinski definition) is 2. The van der Waals surface area contributed by atoms with Crippen LogP contribution in [0, 0.1) is 0 Å². The van der Waals surface area contributed by atoms with Crippen LogP contribution in [0.2, 0.25) is 5.02 Å². The third-order valence-corrected chi connectivity index (χ3v) is 3.30. The molecule has 2 aromatic carbocycles. The summed E-state index contributed by atoms with van der Waals surface area (Å²) in [6.07, 6.45) is -2.48. The summed E-state index contributed by atoms with van der Waals surface area (Å²) < 4.78 is 24.9. The molecule has 0 unspecified atom stereocenters. The van der Waals surface area contributed by atoms with Crippen LogP contribution < -0.4 is 11.1 Å². The zero-order chi connectivity index (χ0) is 15.4. The van der Waals surface area contributed by atoms with Crippen LogP contribution in [0.4, 0.5) is 14.5 Å². The Bertz CT molecular complexity index is 645. The van der Waals surface area contributed by atoms with E-state index in [2.05, 4.69) is 5.32 Å². The molecule has 3 nitrogen and oxygen atoms in total. The van der Waals surface area contributed by atoms with Crippen LogP contribution in [-0.4, -0.2) is 5.91 Å². The maximum atomic E-state index is 12.4. The Hall–Kier alpha value is -2.14. The Kier molecular flexibility index (Phi) is 4.75. The van der Waals surface area contributed by atoms with Crippen molar-refractivity contribution in [3.63, 3.8) is 0 Å². The van der Waals surface area contributed by atoms with Crippen LogP contribution in [-0.2, 0) is 6.54 Å². The number of carbonyl (C=O) groups excluding carboxylic acids is 1. The number of halogens is 3. The van der Waals surface area contributed by atoms with E-state index in [1.54, 1.807) is 24.3 Å². The fourth-order valence-electron chi connectivity index (χ4n) is 1.79. The molecule has 0 heterocycles. The van der Waals surface area contributed by atoms with Crippen LogP contribution in [0.1, 0.15) is 27.9 Å². The highest BCUT2D eigenvalue weighted by atomic mass is 35.5. The normalized spacial score (nSPS) is 10.7. The van der Waals surface area contributed by atoms with Crippen molar-refractivity contribution in [1.82, 2.24) is 0 Å². The lowest BCUT2D eigenvalue weighted by Gasteiger charge is -2.10. The Morgan fingerprint density at radius 3 is 2.43 bits per heavy atom. The number of alkyl halides is 2. The molecule has 0 saturated carbocycles. The summed E-state index contributed by atoms with van der Waals surface area (Å²) in [5.41, 5.74) is 6.91. The van der Waals surface area contributed by atoms with Crippen molar-refractivity contribution in [2.45, 2.75) is 13.0 Å². The van der Waals surface area contributed by atoms with E-state index in [4.69, 9.17) is 17.3 Å². The lowest BCUT2D eigenvalue weighted by Crippen LogP contribution is -2.11. The molecule has 0 aliphatic rings. The van der Waals surface area contributed by atoms with Crippen molar-refractivity contribution >= 4 is 23.2 Å². The van der Waals surface area contributed by atoms with E-state index in [1.807, 2.05) is 0 Å². The maximum absolute atomic E-state index is 12.4. The molecule has 2 aromatic rings. The first kappa shape index (κ1) is 15.3. The molecule has 0 atom stereocenters. The number of nitrogens with two attached hydrogens (primary N) is 1. The first-order valence-electron chi connectivity index (χ1n) is 6.17. The molecule has 0 aliphatic carbocycles. The van der Waals surface area contributed by atoms with E-state index < -0.39 is 12.3 Å². The van der Waals surface area contributed by atoms with E-state index in [-0.39, 0.29) is 5.56 Å². The van der Waals surface area contributed by atoms with Crippen LogP contribution >= 0.6 is 11.6 Å². The summed E-state index contributed by atoms with van der Waals surface area (Å²) in [5.74, 6) is -0.545. The number of primary amides is 1. The summed E-state index contributed by atoms with van der Waals surface area (Å²) >= 11 is 6.02. The van der Waals surface area contributed by atoms with Crippen molar-refractivity contribution in [2.24, 2.45) is 5.73 Å². The zero-order valence-electron chi connectivity index (χ0n) is 10.9. The fraction of sp³-hybridized carbons (Fsp3) is 0.133. The van der Waals surface area contributed by atoms with Crippen molar-refractivity contribution < 1.29 is 13.6 Å². The van der Waals surface area contributed by atoms with E-state index >= 15 is 0 Å². The van der Waals surface area contributed by atoms with Crippen LogP contribution in [0.5, 0.6) is 0 Å². The smallest absolute Gasteiger partial charge is 0.263 e. The van der Waals surface area contributed by atoms with E-state index in [9.17, 15) is 13.6 Å². The Balaban J connectivity index is 2.09. The minimum Gasteiger partial charge on any atom is -0.380 e. The van der Waals surface area contributed by atoms with Gasteiger partial charge in [-0.05, 0) is 23.8 Å². The predicted molar refractivity (Wildman–Crippen MR) is 78.7 cm³/mol. The minimum atomic E-state index is -2.48. The predicted octanol–water partition coefficient (Wildman–Crippen LogP) is 3.99. The summed E-state index contributed by atoms with van der Waals surface area (Å²) in [6, 6.07) is 10.6. The molecule has 0 aromatic heterocycles. The van der Waals surface area contributed by atoms with Gasteiger partial charge in [0.1, 0.15) is 0 Å². The average Bonchev–Trinajstić information content (AvgIpc) is 2.46. The van der Waals surface area contributed by atoms with Gasteiger partial charge in [0.25, 0.3) is 6.43 Å². The lowest BCUT2D eigenvalue weighted by molar-refractivity contribution is 0.100. The number of benzene rings is 2. The zero-order valence-corrected chi connectivity index (χ0v) is 11.7. The van der Waals surface area contributed by atoms with Crippen LogP contribution in [0.3, 0.4) is 0 Å². The number of hydrogen-bond donors (Lipinski definition) is 2. The molecule has 0 fully saturated rings. The van der Waals surface area contributed by atoms with Gasteiger partial charge in [0, 0.05) is 17.7 Å². The molecular formula is C15H13ClF2N2O. The second-order valence-electron chi connectivity index (χ2n) is 4.45. The van der Waals surface area contributed by atoms with E-state index in [0.29, 0.717) is 22.8 Å². The van der Waals surface area contributed by atoms with Gasteiger partial charge < -0.3 is 11.1 Å². The highest BCUT2D eigenvalue weighted by Crippen LogP contribution is 2.24. The van der Waals surface area contributed by atoms with Gasteiger partial charge in [-0.1, -0.05) is 35.9 Å². The topological polar surface area (TPSA) is 55.1 Å². The number of rotatable bonds is 5. The molecule has 0 saturated heterocycles. The molecule has 0 aliphatic heterocycles. The highest BCUT2D eigenvalue weighted by molar-refractivity contribution is 6.33. The largest absolute Gasteiger partial charge is 0.380 e. The molecule has 0 radical (unpaired) electrons. The Labute approximate surface area is 125 Å². The lowest BCUT2D eigenvalue weighted by atomic mass is 10.1. The summed E-state index contributed by atoms with van der Waals surface area (Å²) in [6.45, 7) is 0.394. The third-order valence-electron chi connectivity index (χ3n) is 2.97. The number of anilines is 1. The minimum absolute atomic E-state index is 0.0208. The van der Waals surface area contributed by atoms with E-state index in [1.165, 1.54) is 18.2 Å². The molecule has 0 spiro atoms. The van der Waals surface area contributed by atoms with Gasteiger partial charge in [-0.2, -0.15) is 0 Å². The molecular weight excluding hydrogens is 298 g/mol. The molecule has 3 N–H and O–H groups in total. The van der Waals surface area contributed by atoms with Gasteiger partial charge in [-0.25, -0.2) is 8.78 Å². The Morgan fingerprint density at radius 2 is 1.86 bits per heavy atom. The van der Waals surface area contributed by atoms with Crippen molar-refractivity contribution in [1.29, 1.82) is 0 Å². The SMILES string of the molecule is NC(=O)c1ccc(Cl)c(NCc2ccc(C(F)F)cc2)c1. The first-order valence-corrected chi connectivity index (χ1v) is 6.55. The van der Waals surface area contributed by atoms with Gasteiger partial charge in [-0.15, -0.1) is 0 Å². The van der Waals surface area contributed by atoms with Gasteiger partial charge >= 0.3 is 0 Å². The van der Waals surface area contributed by atoms with Gasteiger partial charge in [0.2, 0.25) is 5.91 Å². The molecule has 0 bridgehead atoms. The molecule has 6 heteroatoms. The van der Waals surface area contributed by atoms with Crippen molar-refractivity contribution in [3.8, 4) is 0 Å². The molecule has 1 amide bonds. The molecule has 2 rings (SSSR count). The van der Waals surface area contributed by atoms with Crippen molar-refractivity contribution in [3.05, 3.63) is 64.2 Å². The van der Waals surface area contributed by atoms with Gasteiger partial charge in [0.15, 0.2) is 0 Å². The fourth-order valence-corrected chi connectivity index (χ4v) is 1.98. The second kappa shape index (κ2) is 6.54. The number of nitrogens with one attached hydrogen (secondary N) is 1. The maximum Gasteiger partial charge on any atom is 0.263 e. The summed E-state index contributed by atoms with van der Waals surface area (Å²) in [5, 5.41) is 3.49. The average molecular weight is 311 g/mol. The van der Waals surface area contributed by atoms with E-state index in [0.717, 1.165) is 5.56 Å². The quantitative estimate of drug-likeness (QED) is 0.877. The van der Waals surface area contributed by atoms with Gasteiger partial charge in [-0.3, -0.25) is 4.79 Å². The second-order valence-corrected chi connectivity index (χ2v) is 4.86. The number of amides is 1. The Morgan fingerprint density at radius 1 is 1.19 bits per heavy atom. The summed E-state index contributed by atoms with van der Waals surface area (Å²) in [7, 11) is 0. The van der Waals surface area contributed by atoms with Crippen LogP contribution in [0.25, 0.3) is 0 Å². The third kappa shape index (κ3) is 3.92. The monoisotopic (exact) mass is 310 g/mol. The number of carbonyl (C=O) groups is 1. The first-order chi connectivity index (χ1) is 9.97.